The molecule has 0 saturated carbocycles. The zero-order valence-electron chi connectivity index (χ0n) is 12.3. The van der Waals surface area contributed by atoms with E-state index in [1.165, 1.54) is 12.7 Å². The highest BCUT2D eigenvalue weighted by atomic mass is 35.5. The first kappa shape index (κ1) is 15.2. The molecular weight excluding hydrogens is 316 g/mol. The summed E-state index contributed by atoms with van der Waals surface area (Å²) in [5.74, 6) is 0.905. The van der Waals surface area contributed by atoms with Crippen molar-refractivity contribution in [2.75, 3.05) is 12.5 Å². The van der Waals surface area contributed by atoms with Gasteiger partial charge in [-0.25, -0.2) is 4.68 Å². The standard InChI is InChI=1S/C16H15ClN4O2/c1-23-13-5-2-11(3-6-13)16(20-21-9-18-19-10-21)14-8-12(17)4-7-15(14)22/h2-10,16,20,22H,1H3/t16-/m1/s1. The summed E-state index contributed by atoms with van der Waals surface area (Å²) in [4.78, 5) is 0. The third-order valence-corrected chi connectivity index (χ3v) is 3.68. The van der Waals surface area contributed by atoms with E-state index in [0.29, 0.717) is 10.6 Å². The van der Waals surface area contributed by atoms with Gasteiger partial charge in [-0.1, -0.05) is 23.7 Å². The third kappa shape index (κ3) is 3.37. The number of benzene rings is 2. The second kappa shape index (κ2) is 6.58. The van der Waals surface area contributed by atoms with Crippen molar-refractivity contribution in [3.8, 4) is 11.5 Å². The summed E-state index contributed by atoms with van der Waals surface area (Å²) in [5.41, 5.74) is 4.81. The van der Waals surface area contributed by atoms with Crippen LogP contribution in [-0.4, -0.2) is 27.1 Å². The van der Waals surface area contributed by atoms with Gasteiger partial charge in [0.05, 0.1) is 13.2 Å². The average Bonchev–Trinajstić information content (AvgIpc) is 3.08. The molecule has 6 nitrogen and oxygen atoms in total. The molecule has 0 saturated heterocycles. The molecular formula is C16H15ClN4O2. The topological polar surface area (TPSA) is 72.2 Å². The molecule has 0 aliphatic heterocycles. The maximum Gasteiger partial charge on any atom is 0.138 e. The molecule has 1 atom stereocenters. The van der Waals surface area contributed by atoms with Gasteiger partial charge in [-0.15, -0.1) is 10.2 Å². The first-order chi connectivity index (χ1) is 11.2. The fourth-order valence-corrected chi connectivity index (χ4v) is 2.47. The summed E-state index contributed by atoms with van der Waals surface area (Å²) < 4.78 is 6.81. The molecule has 3 rings (SSSR count). The van der Waals surface area contributed by atoms with Gasteiger partial charge in [0, 0.05) is 10.6 Å². The van der Waals surface area contributed by atoms with Crippen LogP contribution in [-0.2, 0) is 0 Å². The van der Waals surface area contributed by atoms with Crippen LogP contribution in [0.4, 0.5) is 0 Å². The number of ether oxygens (including phenoxy) is 1. The Morgan fingerprint density at radius 3 is 2.48 bits per heavy atom. The van der Waals surface area contributed by atoms with Gasteiger partial charge in [-0.05, 0) is 35.9 Å². The van der Waals surface area contributed by atoms with Crippen LogP contribution >= 0.6 is 11.6 Å². The van der Waals surface area contributed by atoms with Gasteiger partial charge in [-0.2, -0.15) is 0 Å². The summed E-state index contributed by atoms with van der Waals surface area (Å²) in [6.07, 6.45) is 3.08. The van der Waals surface area contributed by atoms with Crippen LogP contribution in [0.25, 0.3) is 0 Å². The highest BCUT2D eigenvalue weighted by Gasteiger charge is 2.18. The molecule has 0 aliphatic rings. The predicted molar refractivity (Wildman–Crippen MR) is 87.3 cm³/mol. The molecule has 1 aromatic heterocycles. The molecule has 0 spiro atoms. The van der Waals surface area contributed by atoms with E-state index in [1.54, 1.807) is 30.0 Å². The van der Waals surface area contributed by atoms with Gasteiger partial charge in [-0.3, -0.25) is 0 Å². The van der Waals surface area contributed by atoms with E-state index in [2.05, 4.69) is 15.6 Å². The summed E-state index contributed by atoms with van der Waals surface area (Å²) in [7, 11) is 1.62. The molecule has 0 bridgehead atoms. The first-order valence-electron chi connectivity index (χ1n) is 6.91. The minimum Gasteiger partial charge on any atom is -0.508 e. The van der Waals surface area contributed by atoms with Crippen molar-refractivity contribution in [2.24, 2.45) is 0 Å². The molecule has 1 heterocycles. The molecule has 23 heavy (non-hydrogen) atoms. The summed E-state index contributed by atoms with van der Waals surface area (Å²) >= 11 is 6.09. The van der Waals surface area contributed by atoms with Crippen molar-refractivity contribution in [3.63, 3.8) is 0 Å². The van der Waals surface area contributed by atoms with Crippen molar-refractivity contribution < 1.29 is 9.84 Å². The van der Waals surface area contributed by atoms with E-state index in [1.807, 2.05) is 24.3 Å². The Bertz CT molecular complexity index is 775. The number of aromatic hydroxyl groups is 1. The maximum absolute atomic E-state index is 10.2. The molecule has 0 unspecified atom stereocenters. The van der Waals surface area contributed by atoms with E-state index in [0.717, 1.165) is 11.3 Å². The summed E-state index contributed by atoms with van der Waals surface area (Å²) in [5, 5.41) is 18.3. The predicted octanol–water partition coefficient (Wildman–Crippen LogP) is 2.98. The molecule has 2 N–H and O–H groups in total. The van der Waals surface area contributed by atoms with Gasteiger partial charge >= 0.3 is 0 Å². The zero-order valence-corrected chi connectivity index (χ0v) is 13.1. The highest BCUT2D eigenvalue weighted by Crippen LogP contribution is 2.33. The number of hydrogen-bond acceptors (Lipinski definition) is 5. The molecule has 3 aromatic rings. The molecule has 0 amide bonds. The van der Waals surface area contributed by atoms with Crippen molar-refractivity contribution in [1.29, 1.82) is 0 Å². The second-order valence-electron chi connectivity index (χ2n) is 4.91. The second-order valence-corrected chi connectivity index (χ2v) is 5.34. The molecule has 0 radical (unpaired) electrons. The van der Waals surface area contributed by atoms with Crippen LogP contribution in [0.5, 0.6) is 11.5 Å². The Morgan fingerprint density at radius 1 is 1.13 bits per heavy atom. The number of methoxy groups -OCH3 is 1. The molecule has 0 fully saturated rings. The van der Waals surface area contributed by atoms with Crippen LogP contribution in [0.15, 0.2) is 55.1 Å². The Morgan fingerprint density at radius 2 is 1.83 bits per heavy atom. The molecule has 7 heteroatoms. The number of phenolic OH excluding ortho intramolecular Hbond substituents is 1. The quantitative estimate of drug-likeness (QED) is 0.752. The van der Waals surface area contributed by atoms with Crippen molar-refractivity contribution in [1.82, 2.24) is 14.9 Å². The van der Waals surface area contributed by atoms with Crippen LogP contribution in [0.2, 0.25) is 5.02 Å². The largest absolute Gasteiger partial charge is 0.508 e. The number of nitrogens with zero attached hydrogens (tertiary/aromatic N) is 3. The SMILES string of the molecule is COc1ccc([C@@H](Nn2cnnc2)c2cc(Cl)ccc2O)cc1. The Hall–Kier alpha value is -2.73. The third-order valence-electron chi connectivity index (χ3n) is 3.45. The number of halogens is 1. The van der Waals surface area contributed by atoms with Gasteiger partial charge in [0.25, 0.3) is 0 Å². The minimum absolute atomic E-state index is 0.149. The smallest absolute Gasteiger partial charge is 0.138 e. The summed E-state index contributed by atoms with van der Waals surface area (Å²) in [6, 6.07) is 12.2. The lowest BCUT2D eigenvalue weighted by molar-refractivity contribution is 0.414. The minimum atomic E-state index is -0.337. The fourth-order valence-electron chi connectivity index (χ4n) is 2.29. The lowest BCUT2D eigenvalue weighted by Crippen LogP contribution is -2.21. The zero-order chi connectivity index (χ0) is 16.2. The van der Waals surface area contributed by atoms with Gasteiger partial charge < -0.3 is 15.3 Å². The normalized spacial score (nSPS) is 11.9. The summed E-state index contributed by atoms with van der Waals surface area (Å²) in [6.45, 7) is 0. The number of hydrogen-bond donors (Lipinski definition) is 2. The maximum atomic E-state index is 10.2. The molecule has 118 valence electrons. The van der Waals surface area contributed by atoms with Crippen LogP contribution in [0, 0.1) is 0 Å². The van der Waals surface area contributed by atoms with Gasteiger partial charge in [0.1, 0.15) is 24.2 Å². The first-order valence-corrected chi connectivity index (χ1v) is 7.28. The van der Waals surface area contributed by atoms with E-state index in [9.17, 15) is 5.11 Å². The van der Waals surface area contributed by atoms with Crippen LogP contribution in [0.3, 0.4) is 0 Å². The van der Waals surface area contributed by atoms with Crippen LogP contribution < -0.4 is 10.2 Å². The van der Waals surface area contributed by atoms with Crippen LogP contribution in [0.1, 0.15) is 17.2 Å². The van der Waals surface area contributed by atoms with E-state index in [-0.39, 0.29) is 11.8 Å². The number of rotatable bonds is 5. The lowest BCUT2D eigenvalue weighted by Gasteiger charge is -2.22. The molecule has 2 aromatic carbocycles. The van der Waals surface area contributed by atoms with Crippen molar-refractivity contribution in [2.45, 2.75) is 6.04 Å². The Kier molecular flexibility index (Phi) is 4.34. The van der Waals surface area contributed by atoms with Gasteiger partial charge in [0.15, 0.2) is 0 Å². The number of nitrogens with one attached hydrogen (secondary N) is 1. The lowest BCUT2D eigenvalue weighted by atomic mass is 9.98. The van der Waals surface area contributed by atoms with E-state index < -0.39 is 0 Å². The fraction of sp³-hybridized carbons (Fsp3) is 0.125. The van der Waals surface area contributed by atoms with Gasteiger partial charge in [0.2, 0.25) is 0 Å². The number of phenols is 1. The van der Waals surface area contributed by atoms with Crippen molar-refractivity contribution in [3.05, 3.63) is 71.3 Å². The number of aromatic nitrogens is 3. The van der Waals surface area contributed by atoms with Crippen molar-refractivity contribution >= 4 is 11.6 Å². The monoisotopic (exact) mass is 330 g/mol. The van der Waals surface area contributed by atoms with E-state index in [4.69, 9.17) is 16.3 Å². The Balaban J connectivity index is 2.03. The molecule has 0 aliphatic carbocycles. The highest BCUT2D eigenvalue weighted by molar-refractivity contribution is 6.30. The Labute approximate surface area is 138 Å². The van der Waals surface area contributed by atoms with E-state index >= 15 is 0 Å². The average molecular weight is 331 g/mol.